The van der Waals surface area contributed by atoms with Gasteiger partial charge in [-0.25, -0.2) is 4.98 Å². The van der Waals surface area contributed by atoms with Crippen LogP contribution in [0, 0.1) is 11.3 Å². The molecule has 4 aromatic rings. The van der Waals surface area contributed by atoms with E-state index in [2.05, 4.69) is 20.0 Å². The highest BCUT2D eigenvalue weighted by Gasteiger charge is 2.31. The lowest BCUT2D eigenvalue weighted by atomic mass is 10.1. The summed E-state index contributed by atoms with van der Waals surface area (Å²) >= 11 is 1.27. The van der Waals surface area contributed by atoms with Gasteiger partial charge in [0.2, 0.25) is 0 Å². The van der Waals surface area contributed by atoms with Crippen molar-refractivity contribution >= 4 is 17.4 Å². The molecule has 4 rings (SSSR count). The Kier molecular flexibility index (Phi) is 8.43. The minimum Gasteiger partial charge on any atom is -0.497 e. The average Bonchev–Trinajstić information content (AvgIpc) is 2.91. The van der Waals surface area contributed by atoms with Crippen LogP contribution >= 0.6 is 11.8 Å². The Morgan fingerprint density at radius 1 is 1.10 bits per heavy atom. The first-order valence-corrected chi connectivity index (χ1v) is 12.3. The molecule has 12 heteroatoms. The number of H-pyrrole nitrogens is 1. The fourth-order valence-corrected chi connectivity index (χ4v) is 4.39. The standard InChI is InChI=1S/C27H21F3N4O4S/c1-37-20-6-2-4-17(12-20)23-22(14-31)25(36)34-26(33-23)39-15-16-8-10-19(11-9-16)32-24(35)18-5-3-7-21(13-18)38-27(28,29)30/h2-13,24,32,35H,15H2,1H3,(H,33,34,36). The summed E-state index contributed by atoms with van der Waals surface area (Å²) < 4.78 is 46.5. The van der Waals surface area contributed by atoms with E-state index in [1.54, 1.807) is 48.5 Å². The third-order valence-electron chi connectivity index (χ3n) is 5.39. The van der Waals surface area contributed by atoms with E-state index in [1.807, 2.05) is 6.07 Å². The van der Waals surface area contributed by atoms with Crippen molar-refractivity contribution in [3.8, 4) is 28.8 Å². The van der Waals surface area contributed by atoms with Gasteiger partial charge in [-0.2, -0.15) is 5.26 Å². The summed E-state index contributed by atoms with van der Waals surface area (Å²) in [5, 5.41) is 23.0. The minimum absolute atomic E-state index is 0.0999. The van der Waals surface area contributed by atoms with E-state index in [4.69, 9.17) is 4.74 Å². The number of nitrogens with zero attached hydrogens (tertiary/aromatic N) is 2. The van der Waals surface area contributed by atoms with Crippen LogP contribution in [0.2, 0.25) is 0 Å². The molecule has 0 bridgehead atoms. The second-order valence-corrected chi connectivity index (χ2v) is 9.06. The van der Waals surface area contributed by atoms with Crippen molar-refractivity contribution in [2.45, 2.75) is 23.5 Å². The number of aliphatic hydroxyl groups is 1. The number of halogens is 3. The Hall–Kier alpha value is -4.47. The number of benzene rings is 3. The van der Waals surface area contributed by atoms with Crippen molar-refractivity contribution < 1.29 is 27.8 Å². The molecule has 0 saturated carbocycles. The van der Waals surface area contributed by atoms with E-state index in [0.29, 0.717) is 27.9 Å². The highest BCUT2D eigenvalue weighted by molar-refractivity contribution is 7.98. The number of aromatic amines is 1. The van der Waals surface area contributed by atoms with Crippen LogP contribution in [0.25, 0.3) is 11.3 Å². The summed E-state index contributed by atoms with van der Waals surface area (Å²) in [6.45, 7) is 0. The Bertz CT molecular complexity index is 1550. The summed E-state index contributed by atoms with van der Waals surface area (Å²) in [6, 6.07) is 20.9. The highest BCUT2D eigenvalue weighted by atomic mass is 32.2. The van der Waals surface area contributed by atoms with Gasteiger partial charge in [0.05, 0.1) is 12.8 Å². The number of nitriles is 1. The molecule has 0 saturated heterocycles. The summed E-state index contributed by atoms with van der Waals surface area (Å²) in [7, 11) is 1.52. The minimum atomic E-state index is -4.83. The third-order valence-corrected chi connectivity index (χ3v) is 6.34. The van der Waals surface area contributed by atoms with Crippen LogP contribution in [0.4, 0.5) is 18.9 Å². The molecule has 0 spiro atoms. The molecule has 1 aromatic heterocycles. The van der Waals surface area contributed by atoms with Crippen molar-refractivity contribution in [3.63, 3.8) is 0 Å². The zero-order valence-electron chi connectivity index (χ0n) is 20.3. The van der Waals surface area contributed by atoms with Crippen LogP contribution < -0.4 is 20.3 Å². The number of rotatable bonds is 9. The maximum Gasteiger partial charge on any atom is 0.573 e. The predicted molar refractivity (Wildman–Crippen MR) is 139 cm³/mol. The van der Waals surface area contributed by atoms with E-state index in [0.717, 1.165) is 17.7 Å². The normalized spacial score (nSPS) is 11.9. The van der Waals surface area contributed by atoms with Gasteiger partial charge in [0.25, 0.3) is 5.56 Å². The molecule has 0 aliphatic rings. The lowest BCUT2D eigenvalue weighted by Gasteiger charge is -2.16. The van der Waals surface area contributed by atoms with Gasteiger partial charge in [0.15, 0.2) is 11.4 Å². The fourth-order valence-electron chi connectivity index (χ4n) is 3.58. The van der Waals surface area contributed by atoms with Crippen LogP contribution in [-0.4, -0.2) is 28.5 Å². The number of ether oxygens (including phenoxy) is 2. The fraction of sp³-hybridized carbons (Fsp3) is 0.148. The molecule has 1 atom stereocenters. The zero-order valence-corrected chi connectivity index (χ0v) is 21.1. The quantitative estimate of drug-likeness (QED) is 0.139. The number of alkyl halides is 3. The molecule has 8 nitrogen and oxygen atoms in total. The lowest BCUT2D eigenvalue weighted by Crippen LogP contribution is -2.17. The number of aromatic nitrogens is 2. The first-order chi connectivity index (χ1) is 18.6. The molecular weight excluding hydrogens is 533 g/mol. The Morgan fingerprint density at radius 3 is 2.51 bits per heavy atom. The van der Waals surface area contributed by atoms with E-state index >= 15 is 0 Å². The number of anilines is 1. The van der Waals surface area contributed by atoms with Crippen molar-refractivity contribution in [2.24, 2.45) is 0 Å². The summed E-state index contributed by atoms with van der Waals surface area (Å²) in [5.41, 5.74) is 1.77. The van der Waals surface area contributed by atoms with Crippen LogP contribution in [0.5, 0.6) is 11.5 Å². The number of aliphatic hydroxyl groups excluding tert-OH is 1. The first-order valence-electron chi connectivity index (χ1n) is 11.4. The van der Waals surface area contributed by atoms with Crippen molar-refractivity contribution in [2.75, 3.05) is 12.4 Å². The second-order valence-electron chi connectivity index (χ2n) is 8.09. The van der Waals surface area contributed by atoms with Crippen LogP contribution in [0.1, 0.15) is 22.9 Å². The number of hydrogen-bond acceptors (Lipinski definition) is 8. The van der Waals surface area contributed by atoms with Crippen molar-refractivity contribution in [1.82, 2.24) is 9.97 Å². The van der Waals surface area contributed by atoms with Crippen molar-refractivity contribution in [1.29, 1.82) is 5.26 Å². The molecule has 0 aliphatic carbocycles. The Labute approximate surface area is 225 Å². The van der Waals surface area contributed by atoms with Gasteiger partial charge in [-0.1, -0.05) is 48.2 Å². The maximum atomic E-state index is 12.5. The molecule has 3 N–H and O–H groups in total. The molecule has 3 aromatic carbocycles. The van der Waals surface area contributed by atoms with Gasteiger partial charge in [-0.05, 0) is 42.0 Å². The topological polar surface area (TPSA) is 120 Å². The van der Waals surface area contributed by atoms with Gasteiger partial charge in [0.1, 0.15) is 23.1 Å². The SMILES string of the molecule is COc1cccc(-c2nc(SCc3ccc(NC(O)c4cccc(OC(F)(F)F)c4)cc3)[nH]c(=O)c2C#N)c1. The average molecular weight is 555 g/mol. The molecule has 1 heterocycles. The molecule has 0 radical (unpaired) electrons. The number of nitrogens with one attached hydrogen (secondary N) is 2. The zero-order chi connectivity index (χ0) is 28.0. The predicted octanol–water partition coefficient (Wildman–Crippen LogP) is 5.61. The summed E-state index contributed by atoms with van der Waals surface area (Å²) in [4.78, 5) is 19.6. The molecule has 1 unspecified atom stereocenters. The van der Waals surface area contributed by atoms with E-state index in [1.165, 1.54) is 31.0 Å². The maximum absolute atomic E-state index is 12.5. The number of methoxy groups -OCH3 is 1. The molecule has 39 heavy (non-hydrogen) atoms. The van der Waals surface area contributed by atoms with Crippen LogP contribution in [-0.2, 0) is 5.75 Å². The monoisotopic (exact) mass is 554 g/mol. The Balaban J connectivity index is 1.43. The van der Waals surface area contributed by atoms with Gasteiger partial charge in [-0.3, -0.25) is 4.79 Å². The number of thioether (sulfide) groups is 1. The van der Waals surface area contributed by atoms with E-state index in [-0.39, 0.29) is 16.8 Å². The van der Waals surface area contributed by atoms with Crippen LogP contribution in [0.15, 0.2) is 82.7 Å². The molecule has 200 valence electrons. The van der Waals surface area contributed by atoms with E-state index < -0.39 is 23.9 Å². The smallest absolute Gasteiger partial charge is 0.497 e. The van der Waals surface area contributed by atoms with Gasteiger partial charge in [-0.15, -0.1) is 13.2 Å². The van der Waals surface area contributed by atoms with Crippen molar-refractivity contribution in [3.05, 3.63) is 99.8 Å². The van der Waals surface area contributed by atoms with Gasteiger partial charge in [0, 0.05) is 22.6 Å². The third kappa shape index (κ3) is 7.31. The van der Waals surface area contributed by atoms with E-state index in [9.17, 15) is 28.3 Å². The molecule has 0 amide bonds. The summed E-state index contributed by atoms with van der Waals surface area (Å²) in [5.74, 6) is 0.567. The lowest BCUT2D eigenvalue weighted by molar-refractivity contribution is -0.274. The summed E-state index contributed by atoms with van der Waals surface area (Å²) in [6.07, 6.45) is -6.10. The van der Waals surface area contributed by atoms with Gasteiger partial charge >= 0.3 is 6.36 Å². The first kappa shape index (κ1) is 27.6. The molecule has 0 fully saturated rings. The Morgan fingerprint density at radius 2 is 1.82 bits per heavy atom. The number of hydrogen-bond donors (Lipinski definition) is 3. The van der Waals surface area contributed by atoms with Gasteiger partial charge < -0.3 is 24.9 Å². The second kappa shape index (κ2) is 11.9. The molecular formula is C27H21F3N4O4S. The molecule has 0 aliphatic heterocycles. The van der Waals surface area contributed by atoms with Crippen LogP contribution in [0.3, 0.4) is 0 Å². The largest absolute Gasteiger partial charge is 0.573 e. The highest BCUT2D eigenvalue weighted by Crippen LogP contribution is 2.28.